The van der Waals surface area contributed by atoms with Crippen molar-refractivity contribution in [3.8, 4) is 0 Å². The molecule has 0 radical (unpaired) electrons. The highest BCUT2D eigenvalue weighted by molar-refractivity contribution is 4.80. The van der Waals surface area contributed by atoms with Crippen LogP contribution >= 0.6 is 0 Å². The molecule has 0 aromatic rings. The van der Waals surface area contributed by atoms with E-state index in [2.05, 4.69) is 19.2 Å². The first kappa shape index (κ1) is 9.01. The summed E-state index contributed by atoms with van der Waals surface area (Å²) in [4.78, 5) is 0. The molecular formula is C9H19NO. The monoisotopic (exact) mass is 157 g/mol. The lowest BCUT2D eigenvalue weighted by Crippen LogP contribution is -2.42. The third-order valence-electron chi connectivity index (χ3n) is 2.48. The molecule has 0 aromatic heterocycles. The van der Waals surface area contributed by atoms with Gasteiger partial charge in [0.25, 0.3) is 0 Å². The van der Waals surface area contributed by atoms with Gasteiger partial charge < -0.3 is 10.4 Å². The molecular weight excluding hydrogens is 138 g/mol. The van der Waals surface area contributed by atoms with E-state index in [4.69, 9.17) is 5.11 Å². The average molecular weight is 157 g/mol. The molecule has 11 heavy (non-hydrogen) atoms. The highest BCUT2D eigenvalue weighted by atomic mass is 16.3. The fourth-order valence-electron chi connectivity index (χ4n) is 2.14. The Morgan fingerprint density at radius 1 is 1.27 bits per heavy atom. The van der Waals surface area contributed by atoms with E-state index in [1.54, 1.807) is 0 Å². The Hall–Kier alpha value is -0.0800. The molecule has 3 atom stereocenters. The fourth-order valence-corrected chi connectivity index (χ4v) is 2.14. The first-order chi connectivity index (χ1) is 5.22. The summed E-state index contributed by atoms with van der Waals surface area (Å²) < 4.78 is 0. The average Bonchev–Trinajstić information content (AvgIpc) is 1.85. The van der Waals surface area contributed by atoms with E-state index in [1.807, 2.05) is 0 Å². The lowest BCUT2D eigenvalue weighted by Gasteiger charge is -2.32. The second kappa shape index (κ2) is 4.07. The molecule has 1 saturated heterocycles. The van der Waals surface area contributed by atoms with Crippen molar-refractivity contribution in [1.29, 1.82) is 0 Å². The van der Waals surface area contributed by atoms with Crippen molar-refractivity contribution in [2.75, 3.05) is 6.61 Å². The van der Waals surface area contributed by atoms with Crippen LogP contribution in [0.15, 0.2) is 0 Å². The van der Waals surface area contributed by atoms with Crippen molar-refractivity contribution in [3.63, 3.8) is 0 Å². The highest BCUT2D eigenvalue weighted by Gasteiger charge is 2.22. The summed E-state index contributed by atoms with van der Waals surface area (Å²) in [5.41, 5.74) is 0. The standard InChI is InChI=1S/C9H19NO/c1-7-5-9(3-4-11)6-8(2)10-7/h7-11H,3-6H2,1-2H3/t7-,8+,9?. The van der Waals surface area contributed by atoms with Crippen molar-refractivity contribution < 1.29 is 5.11 Å². The summed E-state index contributed by atoms with van der Waals surface area (Å²) in [5.74, 6) is 0.742. The van der Waals surface area contributed by atoms with E-state index in [0.29, 0.717) is 18.7 Å². The van der Waals surface area contributed by atoms with Crippen LogP contribution in [0.1, 0.15) is 33.1 Å². The van der Waals surface area contributed by atoms with Gasteiger partial charge in [-0.2, -0.15) is 0 Å². The lowest BCUT2D eigenvalue weighted by atomic mass is 9.87. The van der Waals surface area contributed by atoms with Gasteiger partial charge in [-0.15, -0.1) is 0 Å². The third-order valence-corrected chi connectivity index (χ3v) is 2.48. The third kappa shape index (κ3) is 2.80. The van der Waals surface area contributed by atoms with Gasteiger partial charge in [0.2, 0.25) is 0 Å². The quantitative estimate of drug-likeness (QED) is 0.630. The van der Waals surface area contributed by atoms with Crippen molar-refractivity contribution in [2.45, 2.75) is 45.2 Å². The largest absolute Gasteiger partial charge is 0.396 e. The van der Waals surface area contributed by atoms with Gasteiger partial charge in [-0.1, -0.05) is 0 Å². The SMILES string of the molecule is C[C@@H]1CC(CCO)C[C@H](C)N1. The zero-order valence-electron chi connectivity index (χ0n) is 7.51. The maximum atomic E-state index is 8.77. The van der Waals surface area contributed by atoms with Crippen LogP contribution in [0.5, 0.6) is 0 Å². The molecule has 1 fully saturated rings. The molecule has 0 saturated carbocycles. The number of piperidine rings is 1. The van der Waals surface area contributed by atoms with Gasteiger partial charge in [0.15, 0.2) is 0 Å². The molecule has 1 unspecified atom stereocenters. The molecule has 1 aliphatic rings. The Morgan fingerprint density at radius 3 is 2.27 bits per heavy atom. The molecule has 1 rings (SSSR count). The van der Waals surface area contributed by atoms with Gasteiger partial charge in [0.1, 0.15) is 0 Å². The van der Waals surface area contributed by atoms with Gasteiger partial charge in [-0.3, -0.25) is 0 Å². The second-order valence-corrected chi connectivity index (χ2v) is 3.82. The van der Waals surface area contributed by atoms with Crippen molar-refractivity contribution in [3.05, 3.63) is 0 Å². The molecule has 0 aliphatic carbocycles. The molecule has 2 heteroatoms. The minimum atomic E-state index is 0.351. The molecule has 66 valence electrons. The van der Waals surface area contributed by atoms with Crippen LogP contribution < -0.4 is 5.32 Å². The van der Waals surface area contributed by atoms with Gasteiger partial charge in [-0.25, -0.2) is 0 Å². The minimum absolute atomic E-state index is 0.351. The van der Waals surface area contributed by atoms with Gasteiger partial charge in [0.05, 0.1) is 0 Å². The Bertz CT molecular complexity index is 106. The Kier molecular flexibility index (Phi) is 3.34. The lowest BCUT2D eigenvalue weighted by molar-refractivity contribution is 0.199. The van der Waals surface area contributed by atoms with Crippen molar-refractivity contribution in [1.82, 2.24) is 5.32 Å². The van der Waals surface area contributed by atoms with Gasteiger partial charge >= 0.3 is 0 Å². The van der Waals surface area contributed by atoms with Gasteiger partial charge in [0, 0.05) is 18.7 Å². The zero-order chi connectivity index (χ0) is 8.27. The number of hydrogen-bond donors (Lipinski definition) is 2. The smallest absolute Gasteiger partial charge is 0.0433 e. The van der Waals surface area contributed by atoms with E-state index in [0.717, 1.165) is 12.3 Å². The summed E-state index contributed by atoms with van der Waals surface area (Å²) in [7, 11) is 0. The molecule has 0 aromatic carbocycles. The van der Waals surface area contributed by atoms with Crippen molar-refractivity contribution >= 4 is 0 Å². The second-order valence-electron chi connectivity index (χ2n) is 3.82. The minimum Gasteiger partial charge on any atom is -0.396 e. The van der Waals surface area contributed by atoms with Crippen LogP contribution in [0.2, 0.25) is 0 Å². The molecule has 2 nitrogen and oxygen atoms in total. The highest BCUT2D eigenvalue weighted by Crippen LogP contribution is 2.22. The number of aliphatic hydroxyl groups is 1. The number of aliphatic hydroxyl groups excluding tert-OH is 1. The zero-order valence-corrected chi connectivity index (χ0v) is 7.51. The normalized spacial score (nSPS) is 39.0. The van der Waals surface area contributed by atoms with Crippen LogP contribution in [0.3, 0.4) is 0 Å². The van der Waals surface area contributed by atoms with E-state index in [9.17, 15) is 0 Å². The van der Waals surface area contributed by atoms with E-state index < -0.39 is 0 Å². The molecule has 0 spiro atoms. The van der Waals surface area contributed by atoms with E-state index in [1.165, 1.54) is 12.8 Å². The van der Waals surface area contributed by atoms with Crippen LogP contribution in [0, 0.1) is 5.92 Å². The molecule has 0 bridgehead atoms. The first-order valence-corrected chi connectivity index (χ1v) is 4.59. The maximum Gasteiger partial charge on any atom is 0.0433 e. The van der Waals surface area contributed by atoms with Crippen LogP contribution in [0.25, 0.3) is 0 Å². The Balaban J connectivity index is 2.30. The van der Waals surface area contributed by atoms with E-state index >= 15 is 0 Å². The van der Waals surface area contributed by atoms with Crippen LogP contribution in [-0.4, -0.2) is 23.8 Å². The summed E-state index contributed by atoms with van der Waals surface area (Å²) >= 11 is 0. The summed E-state index contributed by atoms with van der Waals surface area (Å²) in [5, 5.41) is 12.3. The molecule has 2 N–H and O–H groups in total. The Morgan fingerprint density at radius 2 is 1.82 bits per heavy atom. The maximum absolute atomic E-state index is 8.77. The molecule has 1 heterocycles. The summed E-state index contributed by atoms with van der Waals surface area (Å²) in [6.07, 6.45) is 3.44. The number of hydrogen-bond acceptors (Lipinski definition) is 2. The van der Waals surface area contributed by atoms with Crippen molar-refractivity contribution in [2.24, 2.45) is 5.92 Å². The van der Waals surface area contributed by atoms with E-state index in [-0.39, 0.29) is 0 Å². The number of rotatable bonds is 2. The summed E-state index contributed by atoms with van der Waals surface area (Å²) in [6.45, 7) is 4.80. The predicted octanol–water partition coefficient (Wildman–Crippen LogP) is 1.15. The Labute approximate surface area is 69.0 Å². The molecule has 0 amide bonds. The first-order valence-electron chi connectivity index (χ1n) is 4.59. The fraction of sp³-hybridized carbons (Fsp3) is 1.00. The van der Waals surface area contributed by atoms with Crippen LogP contribution in [-0.2, 0) is 0 Å². The molecule has 1 aliphatic heterocycles. The van der Waals surface area contributed by atoms with Gasteiger partial charge in [-0.05, 0) is 39.0 Å². The predicted molar refractivity (Wildman–Crippen MR) is 46.5 cm³/mol. The summed E-state index contributed by atoms with van der Waals surface area (Å²) in [6, 6.07) is 1.27. The topological polar surface area (TPSA) is 32.3 Å². The van der Waals surface area contributed by atoms with Crippen LogP contribution in [0.4, 0.5) is 0 Å². The number of nitrogens with one attached hydrogen (secondary N) is 1.